The van der Waals surface area contributed by atoms with Gasteiger partial charge in [0.25, 0.3) is 0 Å². The van der Waals surface area contributed by atoms with E-state index < -0.39 is 0 Å². The summed E-state index contributed by atoms with van der Waals surface area (Å²) in [5.74, 6) is 1.88. The minimum absolute atomic E-state index is 0.112. The maximum Gasteiger partial charge on any atom is 0.0921 e. The first-order chi connectivity index (χ1) is 9.62. The van der Waals surface area contributed by atoms with E-state index in [0.717, 1.165) is 30.7 Å². The van der Waals surface area contributed by atoms with Crippen LogP contribution in [0.3, 0.4) is 0 Å². The Morgan fingerprint density at radius 3 is 2.15 bits per heavy atom. The molecule has 3 heteroatoms. The zero-order valence-electron chi connectivity index (χ0n) is 13.2. The number of piperidine rings is 1. The van der Waals surface area contributed by atoms with Gasteiger partial charge in [-0.1, -0.05) is 19.0 Å². The normalized spacial score (nSPS) is 35.1. The molecular weight excluding hydrogens is 248 g/mol. The Morgan fingerprint density at radius 2 is 1.65 bits per heavy atom. The highest BCUT2D eigenvalue weighted by molar-refractivity contribution is 4.99. The Morgan fingerprint density at radius 1 is 1.05 bits per heavy atom. The first-order valence-electron chi connectivity index (χ1n) is 8.68. The van der Waals surface area contributed by atoms with Crippen LogP contribution in [0.4, 0.5) is 0 Å². The molecule has 3 fully saturated rings. The van der Waals surface area contributed by atoms with Crippen LogP contribution in [0.5, 0.6) is 0 Å². The maximum atomic E-state index is 10.6. The van der Waals surface area contributed by atoms with E-state index in [1.165, 1.54) is 51.6 Å². The maximum absolute atomic E-state index is 10.6. The van der Waals surface area contributed by atoms with E-state index in [0.29, 0.717) is 5.41 Å². The molecule has 1 aliphatic heterocycles. The lowest BCUT2D eigenvalue weighted by molar-refractivity contribution is -0.0433. The molecule has 114 valence electrons. The zero-order valence-corrected chi connectivity index (χ0v) is 13.2. The van der Waals surface area contributed by atoms with Gasteiger partial charge in [0.15, 0.2) is 0 Å². The van der Waals surface area contributed by atoms with Gasteiger partial charge in [-0.15, -0.1) is 0 Å². The van der Waals surface area contributed by atoms with E-state index >= 15 is 0 Å². The van der Waals surface area contributed by atoms with E-state index in [1.54, 1.807) is 0 Å². The molecular formula is C17H30N2O. The minimum atomic E-state index is 0.112. The molecule has 20 heavy (non-hydrogen) atoms. The average Bonchev–Trinajstić information content (AvgIpc) is 2.45. The van der Waals surface area contributed by atoms with Crippen molar-refractivity contribution in [2.45, 2.75) is 77.3 Å². The molecule has 1 saturated heterocycles. The van der Waals surface area contributed by atoms with Crippen LogP contribution in [0.1, 0.15) is 65.2 Å². The van der Waals surface area contributed by atoms with E-state index in [4.69, 9.17) is 0 Å². The average molecular weight is 278 g/mol. The van der Waals surface area contributed by atoms with Crippen LogP contribution in [-0.2, 0) is 0 Å². The molecule has 1 heterocycles. The molecule has 3 nitrogen and oxygen atoms in total. The number of likely N-dealkylation sites (tertiary alicyclic amines) is 1. The predicted molar refractivity (Wildman–Crippen MR) is 82.6 cm³/mol. The molecule has 0 aromatic heterocycles. The highest BCUT2D eigenvalue weighted by Crippen LogP contribution is 2.55. The van der Waals surface area contributed by atoms with E-state index in [-0.39, 0.29) is 6.04 Å². The lowest BCUT2D eigenvalue weighted by Crippen LogP contribution is -2.51. The summed E-state index contributed by atoms with van der Waals surface area (Å²) in [6.45, 7) is 7.36. The third-order valence-electron chi connectivity index (χ3n) is 6.52. The van der Waals surface area contributed by atoms with Crippen LogP contribution in [-0.4, -0.2) is 30.1 Å². The topological polar surface area (TPSA) is 32.7 Å². The van der Waals surface area contributed by atoms with Crippen molar-refractivity contribution >= 4 is 0 Å². The van der Waals surface area contributed by atoms with Gasteiger partial charge in [-0.2, -0.15) is 4.91 Å². The fourth-order valence-corrected chi connectivity index (χ4v) is 4.82. The summed E-state index contributed by atoms with van der Waals surface area (Å²) in [7, 11) is 0. The first-order valence-corrected chi connectivity index (χ1v) is 8.68. The van der Waals surface area contributed by atoms with Crippen molar-refractivity contribution in [2.24, 2.45) is 22.4 Å². The molecule has 0 bridgehead atoms. The molecule has 0 aromatic rings. The second-order valence-corrected chi connectivity index (χ2v) is 8.02. The van der Waals surface area contributed by atoms with Gasteiger partial charge in [0.2, 0.25) is 0 Å². The number of hydrogen-bond donors (Lipinski definition) is 0. The third kappa shape index (κ3) is 2.79. The Balaban J connectivity index is 1.44. The van der Waals surface area contributed by atoms with Crippen molar-refractivity contribution in [3.63, 3.8) is 0 Å². The number of nitroso groups, excluding NO2 is 1. The molecule has 2 aliphatic carbocycles. The standard InChI is InChI=1S/C17H30N2O/c1-13(2)14-11-17(12-14)7-9-19(10-8-17)16-5-3-15(18-20)4-6-16/h13-16H,3-12H2,1-2H3. The van der Waals surface area contributed by atoms with Crippen LogP contribution in [0.15, 0.2) is 5.18 Å². The Hall–Kier alpha value is -0.440. The van der Waals surface area contributed by atoms with Crippen molar-refractivity contribution in [1.29, 1.82) is 0 Å². The van der Waals surface area contributed by atoms with Gasteiger partial charge >= 0.3 is 0 Å². The van der Waals surface area contributed by atoms with Gasteiger partial charge < -0.3 is 4.90 Å². The Bertz CT molecular complexity index is 331. The number of hydrogen-bond acceptors (Lipinski definition) is 3. The fourth-order valence-electron chi connectivity index (χ4n) is 4.82. The molecule has 0 radical (unpaired) electrons. The summed E-state index contributed by atoms with van der Waals surface area (Å²) in [5, 5.41) is 3.23. The van der Waals surface area contributed by atoms with E-state index in [2.05, 4.69) is 23.9 Å². The molecule has 1 spiro atoms. The van der Waals surface area contributed by atoms with Crippen molar-refractivity contribution in [1.82, 2.24) is 4.90 Å². The summed E-state index contributed by atoms with van der Waals surface area (Å²) in [6.07, 6.45) is 10.2. The highest BCUT2D eigenvalue weighted by atomic mass is 16.3. The van der Waals surface area contributed by atoms with Gasteiger partial charge in [-0.25, -0.2) is 0 Å². The van der Waals surface area contributed by atoms with Gasteiger partial charge in [-0.05, 0) is 81.7 Å². The van der Waals surface area contributed by atoms with E-state index in [9.17, 15) is 4.91 Å². The fraction of sp³-hybridized carbons (Fsp3) is 1.00. The molecule has 3 aliphatic rings. The van der Waals surface area contributed by atoms with Crippen molar-refractivity contribution in [3.05, 3.63) is 4.91 Å². The minimum Gasteiger partial charge on any atom is -0.300 e. The molecule has 3 rings (SSSR count). The largest absolute Gasteiger partial charge is 0.300 e. The smallest absolute Gasteiger partial charge is 0.0921 e. The van der Waals surface area contributed by atoms with Crippen LogP contribution < -0.4 is 0 Å². The Labute approximate surface area is 123 Å². The van der Waals surface area contributed by atoms with Crippen LogP contribution >= 0.6 is 0 Å². The molecule has 0 atom stereocenters. The third-order valence-corrected chi connectivity index (χ3v) is 6.52. The monoisotopic (exact) mass is 278 g/mol. The second kappa shape index (κ2) is 5.75. The van der Waals surface area contributed by atoms with Crippen LogP contribution in [0, 0.1) is 22.2 Å². The molecule has 0 amide bonds. The lowest BCUT2D eigenvalue weighted by Gasteiger charge is -2.55. The number of nitrogens with zero attached hydrogens (tertiary/aromatic N) is 2. The quantitative estimate of drug-likeness (QED) is 0.724. The molecule has 2 saturated carbocycles. The zero-order chi connectivity index (χ0) is 14.2. The van der Waals surface area contributed by atoms with Gasteiger partial charge in [0.1, 0.15) is 0 Å². The molecule has 0 N–H and O–H groups in total. The summed E-state index contributed by atoms with van der Waals surface area (Å²) >= 11 is 0. The van der Waals surface area contributed by atoms with Gasteiger partial charge in [0, 0.05) is 6.04 Å². The summed E-state index contributed by atoms with van der Waals surface area (Å²) in [4.78, 5) is 13.3. The SMILES string of the molecule is CC(C)C1CC2(CCN(C3CCC(N=O)CC3)CC2)C1. The van der Waals surface area contributed by atoms with Gasteiger partial charge in [0.05, 0.1) is 6.04 Å². The van der Waals surface area contributed by atoms with Crippen molar-refractivity contribution < 1.29 is 0 Å². The van der Waals surface area contributed by atoms with E-state index in [1.807, 2.05) is 0 Å². The summed E-state index contributed by atoms with van der Waals surface area (Å²) in [6, 6.07) is 0.854. The summed E-state index contributed by atoms with van der Waals surface area (Å²) in [5.41, 5.74) is 0.715. The molecule has 0 aromatic carbocycles. The van der Waals surface area contributed by atoms with Gasteiger partial charge in [-0.3, -0.25) is 0 Å². The van der Waals surface area contributed by atoms with Crippen molar-refractivity contribution in [3.8, 4) is 0 Å². The lowest BCUT2D eigenvalue weighted by atomic mass is 9.55. The molecule has 0 unspecified atom stereocenters. The second-order valence-electron chi connectivity index (χ2n) is 8.02. The van der Waals surface area contributed by atoms with Crippen molar-refractivity contribution in [2.75, 3.05) is 13.1 Å². The van der Waals surface area contributed by atoms with Crippen LogP contribution in [0.2, 0.25) is 0 Å². The first kappa shape index (κ1) is 14.5. The predicted octanol–water partition coefficient (Wildman–Crippen LogP) is 4.21. The van der Waals surface area contributed by atoms with Crippen LogP contribution in [0.25, 0.3) is 0 Å². The number of rotatable bonds is 3. The highest BCUT2D eigenvalue weighted by Gasteiger charge is 2.47. The Kier molecular flexibility index (Phi) is 4.16. The summed E-state index contributed by atoms with van der Waals surface area (Å²) < 4.78 is 0.